The minimum Gasteiger partial charge on any atom is -0.368 e. The molecule has 0 atom stereocenters. The van der Waals surface area contributed by atoms with Crippen molar-refractivity contribution in [3.8, 4) is 0 Å². The molecule has 2 amide bonds. The topological polar surface area (TPSA) is 65.5 Å². The van der Waals surface area contributed by atoms with Gasteiger partial charge in [-0.05, 0) is 36.2 Å². The Bertz CT molecular complexity index is 802. The van der Waals surface area contributed by atoms with Crippen molar-refractivity contribution in [2.75, 3.05) is 37.6 Å². The van der Waals surface area contributed by atoms with Crippen molar-refractivity contribution in [3.05, 3.63) is 58.9 Å². The van der Waals surface area contributed by atoms with Crippen molar-refractivity contribution >= 4 is 29.1 Å². The van der Waals surface area contributed by atoms with Crippen molar-refractivity contribution in [1.82, 2.24) is 15.2 Å². The van der Waals surface area contributed by atoms with Crippen molar-refractivity contribution in [3.63, 3.8) is 0 Å². The summed E-state index contributed by atoms with van der Waals surface area (Å²) in [7, 11) is 0. The van der Waals surface area contributed by atoms with Gasteiger partial charge < -0.3 is 15.1 Å². The summed E-state index contributed by atoms with van der Waals surface area (Å²) in [4.78, 5) is 32.0. The van der Waals surface area contributed by atoms with E-state index in [1.807, 2.05) is 35.2 Å². The maximum atomic E-state index is 12.4. The van der Waals surface area contributed by atoms with Gasteiger partial charge in [0.05, 0.1) is 0 Å². The highest BCUT2D eigenvalue weighted by Crippen LogP contribution is 2.17. The SMILES string of the molecule is CC(=O)N1CCN(c2ccnc(C(=O)NCCc3ccc(Cl)cc3)c2)CC1. The number of carbonyl (C=O) groups excluding carboxylic acids is 2. The molecular formula is C20H23ClN4O2. The van der Waals surface area contributed by atoms with Gasteiger partial charge in [-0.1, -0.05) is 23.7 Å². The van der Waals surface area contributed by atoms with Gasteiger partial charge in [-0.3, -0.25) is 14.6 Å². The van der Waals surface area contributed by atoms with Crippen LogP contribution in [0, 0.1) is 0 Å². The summed E-state index contributed by atoms with van der Waals surface area (Å²) in [5.74, 6) is -0.0849. The predicted molar refractivity (Wildman–Crippen MR) is 106 cm³/mol. The van der Waals surface area contributed by atoms with Crippen molar-refractivity contribution in [2.45, 2.75) is 13.3 Å². The van der Waals surface area contributed by atoms with Crippen LogP contribution in [0.3, 0.4) is 0 Å². The molecule has 7 heteroatoms. The lowest BCUT2D eigenvalue weighted by atomic mass is 10.1. The number of piperazine rings is 1. The number of anilines is 1. The highest BCUT2D eigenvalue weighted by atomic mass is 35.5. The number of benzene rings is 1. The number of hydrogen-bond donors (Lipinski definition) is 1. The molecule has 1 saturated heterocycles. The first-order valence-corrected chi connectivity index (χ1v) is 9.40. The second kappa shape index (κ2) is 8.86. The molecule has 1 N–H and O–H groups in total. The average molecular weight is 387 g/mol. The van der Waals surface area contributed by atoms with Gasteiger partial charge in [-0.2, -0.15) is 0 Å². The number of nitrogens with zero attached hydrogens (tertiary/aromatic N) is 3. The second-order valence-corrected chi connectivity index (χ2v) is 6.96. The minimum absolute atomic E-state index is 0.102. The molecule has 0 spiro atoms. The molecule has 6 nitrogen and oxygen atoms in total. The number of halogens is 1. The van der Waals surface area contributed by atoms with Crippen LogP contribution in [0.5, 0.6) is 0 Å². The zero-order valence-corrected chi connectivity index (χ0v) is 16.1. The standard InChI is InChI=1S/C20H23ClN4O2/c1-15(26)24-10-12-25(13-11-24)18-7-9-22-19(14-18)20(27)23-8-6-16-2-4-17(21)5-3-16/h2-5,7,9,14H,6,8,10-13H2,1H3,(H,23,27). The smallest absolute Gasteiger partial charge is 0.269 e. The molecule has 1 aromatic heterocycles. The van der Waals surface area contributed by atoms with E-state index in [9.17, 15) is 9.59 Å². The van der Waals surface area contributed by atoms with E-state index < -0.39 is 0 Å². The molecule has 27 heavy (non-hydrogen) atoms. The Morgan fingerprint density at radius 3 is 2.48 bits per heavy atom. The summed E-state index contributed by atoms with van der Waals surface area (Å²) in [6, 6.07) is 11.3. The van der Waals surface area contributed by atoms with Gasteiger partial charge in [0.1, 0.15) is 5.69 Å². The second-order valence-electron chi connectivity index (χ2n) is 6.52. The van der Waals surface area contributed by atoms with Crippen LogP contribution in [0.25, 0.3) is 0 Å². The Hall–Kier alpha value is -2.60. The monoisotopic (exact) mass is 386 g/mol. The van der Waals surface area contributed by atoms with E-state index in [0.29, 0.717) is 30.4 Å². The Balaban J connectivity index is 1.54. The molecule has 1 aliphatic rings. The van der Waals surface area contributed by atoms with E-state index in [1.165, 1.54) is 0 Å². The Kier molecular flexibility index (Phi) is 6.29. The van der Waals surface area contributed by atoms with Gasteiger partial charge in [0.2, 0.25) is 5.91 Å². The molecule has 0 saturated carbocycles. The van der Waals surface area contributed by atoms with Gasteiger partial charge >= 0.3 is 0 Å². The molecule has 0 bridgehead atoms. The third-order valence-electron chi connectivity index (χ3n) is 4.68. The van der Waals surface area contributed by atoms with Crippen molar-refractivity contribution < 1.29 is 9.59 Å². The summed E-state index contributed by atoms with van der Waals surface area (Å²) in [6.45, 7) is 5.02. The van der Waals surface area contributed by atoms with Crippen molar-refractivity contribution in [2.24, 2.45) is 0 Å². The Labute approximate surface area is 164 Å². The molecule has 3 rings (SSSR count). The van der Waals surface area contributed by atoms with E-state index in [0.717, 1.165) is 30.8 Å². The van der Waals surface area contributed by atoms with E-state index >= 15 is 0 Å². The summed E-state index contributed by atoms with van der Waals surface area (Å²) in [5, 5.41) is 3.61. The minimum atomic E-state index is -0.187. The maximum absolute atomic E-state index is 12.4. The van der Waals surface area contributed by atoms with Gasteiger partial charge in [0.25, 0.3) is 5.91 Å². The fourth-order valence-electron chi connectivity index (χ4n) is 3.08. The third kappa shape index (κ3) is 5.20. The highest BCUT2D eigenvalue weighted by molar-refractivity contribution is 6.30. The summed E-state index contributed by atoms with van der Waals surface area (Å²) >= 11 is 5.88. The fourth-order valence-corrected chi connectivity index (χ4v) is 3.21. The number of hydrogen-bond acceptors (Lipinski definition) is 4. The molecule has 2 heterocycles. The molecule has 1 fully saturated rings. The molecule has 2 aromatic rings. The van der Waals surface area contributed by atoms with Gasteiger partial charge in [-0.15, -0.1) is 0 Å². The first-order valence-electron chi connectivity index (χ1n) is 9.02. The van der Waals surface area contributed by atoms with E-state index in [1.54, 1.807) is 19.2 Å². The molecular weight excluding hydrogens is 364 g/mol. The molecule has 1 aromatic carbocycles. The quantitative estimate of drug-likeness (QED) is 0.856. The summed E-state index contributed by atoms with van der Waals surface area (Å²) < 4.78 is 0. The first kappa shape index (κ1) is 19.2. The van der Waals surface area contributed by atoms with E-state index in [-0.39, 0.29) is 11.8 Å². The Morgan fingerprint density at radius 2 is 1.81 bits per heavy atom. The average Bonchev–Trinajstić information content (AvgIpc) is 2.69. The number of pyridine rings is 1. The Morgan fingerprint density at radius 1 is 1.11 bits per heavy atom. The van der Waals surface area contributed by atoms with E-state index in [2.05, 4.69) is 15.2 Å². The number of rotatable bonds is 5. The third-order valence-corrected chi connectivity index (χ3v) is 4.93. The van der Waals surface area contributed by atoms with Gasteiger partial charge in [0.15, 0.2) is 0 Å². The lowest BCUT2D eigenvalue weighted by molar-refractivity contribution is -0.129. The van der Waals surface area contributed by atoms with Crippen LogP contribution in [-0.2, 0) is 11.2 Å². The maximum Gasteiger partial charge on any atom is 0.269 e. The molecule has 0 aliphatic carbocycles. The molecule has 142 valence electrons. The van der Waals surface area contributed by atoms with E-state index in [4.69, 9.17) is 11.6 Å². The highest BCUT2D eigenvalue weighted by Gasteiger charge is 2.19. The predicted octanol–water partition coefficient (Wildman–Crippen LogP) is 2.38. The number of aromatic nitrogens is 1. The zero-order valence-electron chi connectivity index (χ0n) is 15.3. The summed E-state index contributed by atoms with van der Waals surface area (Å²) in [5.41, 5.74) is 2.47. The van der Waals surface area contributed by atoms with Crippen LogP contribution in [0.4, 0.5) is 5.69 Å². The molecule has 1 aliphatic heterocycles. The van der Waals surface area contributed by atoms with Crippen LogP contribution < -0.4 is 10.2 Å². The molecule has 0 radical (unpaired) electrons. The lowest BCUT2D eigenvalue weighted by Gasteiger charge is -2.35. The normalized spacial score (nSPS) is 14.1. The van der Waals surface area contributed by atoms with Crippen LogP contribution in [0.2, 0.25) is 5.02 Å². The lowest BCUT2D eigenvalue weighted by Crippen LogP contribution is -2.48. The largest absolute Gasteiger partial charge is 0.368 e. The summed E-state index contributed by atoms with van der Waals surface area (Å²) in [6.07, 6.45) is 2.39. The number of carbonyl (C=O) groups is 2. The van der Waals surface area contributed by atoms with Crippen LogP contribution in [-0.4, -0.2) is 54.4 Å². The van der Waals surface area contributed by atoms with Crippen LogP contribution >= 0.6 is 11.6 Å². The van der Waals surface area contributed by atoms with Crippen LogP contribution in [0.1, 0.15) is 23.0 Å². The van der Waals surface area contributed by atoms with Crippen molar-refractivity contribution in [1.29, 1.82) is 0 Å². The van der Waals surface area contributed by atoms with Gasteiger partial charge in [-0.25, -0.2) is 0 Å². The number of amides is 2. The van der Waals surface area contributed by atoms with Gasteiger partial charge in [0, 0.05) is 56.6 Å². The fraction of sp³-hybridized carbons (Fsp3) is 0.350. The molecule has 0 unspecified atom stereocenters. The van der Waals surface area contributed by atoms with Crippen LogP contribution in [0.15, 0.2) is 42.6 Å². The number of nitrogens with one attached hydrogen (secondary N) is 1. The zero-order chi connectivity index (χ0) is 19.2. The first-order chi connectivity index (χ1) is 13.0.